The zero-order valence-electron chi connectivity index (χ0n) is 20.3. The maximum atomic E-state index is 12.7. The monoisotopic (exact) mass is 469 g/mol. The summed E-state index contributed by atoms with van der Waals surface area (Å²) in [5.74, 6) is 2.24. The quantitative estimate of drug-likeness (QED) is 0.576. The molecular weight excluding hydrogens is 434 g/mol. The second-order valence-electron chi connectivity index (χ2n) is 8.32. The molecule has 8 nitrogen and oxygen atoms in total. The van der Waals surface area contributed by atoms with Crippen LogP contribution in [0.5, 0.6) is 17.2 Å². The van der Waals surface area contributed by atoms with Crippen LogP contribution in [-0.2, 0) is 22.6 Å². The van der Waals surface area contributed by atoms with Crippen molar-refractivity contribution in [3.8, 4) is 17.2 Å². The van der Waals surface area contributed by atoms with E-state index < -0.39 is 0 Å². The van der Waals surface area contributed by atoms with Gasteiger partial charge in [-0.2, -0.15) is 0 Å². The van der Waals surface area contributed by atoms with Crippen LogP contribution in [0.25, 0.3) is 0 Å². The minimum absolute atomic E-state index is 0.0333. The molecule has 0 bridgehead atoms. The molecule has 0 radical (unpaired) electrons. The molecule has 2 aromatic rings. The van der Waals surface area contributed by atoms with Gasteiger partial charge in [0.05, 0.1) is 27.9 Å². The van der Waals surface area contributed by atoms with Crippen LogP contribution < -0.4 is 19.5 Å². The second kappa shape index (κ2) is 12.8. The molecule has 2 amide bonds. The molecule has 0 aliphatic carbocycles. The molecule has 34 heavy (non-hydrogen) atoms. The lowest BCUT2D eigenvalue weighted by Crippen LogP contribution is -2.40. The maximum absolute atomic E-state index is 12.7. The maximum Gasteiger partial charge on any atom is 0.234 e. The van der Waals surface area contributed by atoms with E-state index in [-0.39, 0.29) is 11.8 Å². The van der Waals surface area contributed by atoms with Crippen molar-refractivity contribution in [2.24, 2.45) is 0 Å². The molecule has 0 aromatic heterocycles. The third-order valence-electron chi connectivity index (χ3n) is 6.03. The third-order valence-corrected chi connectivity index (χ3v) is 6.03. The van der Waals surface area contributed by atoms with Crippen molar-refractivity contribution < 1.29 is 23.8 Å². The molecule has 0 atom stereocenters. The summed E-state index contributed by atoms with van der Waals surface area (Å²) in [7, 11) is 4.83. The Morgan fingerprint density at radius 3 is 2.29 bits per heavy atom. The number of rotatable bonds is 10. The van der Waals surface area contributed by atoms with E-state index in [0.29, 0.717) is 50.5 Å². The van der Waals surface area contributed by atoms with E-state index in [9.17, 15) is 9.59 Å². The lowest BCUT2D eigenvalue weighted by molar-refractivity contribution is -0.131. The van der Waals surface area contributed by atoms with Crippen LogP contribution in [0.15, 0.2) is 42.5 Å². The lowest BCUT2D eigenvalue weighted by atomic mass is 10.1. The number of carbonyl (C=O) groups is 2. The number of hydrogen-bond donors (Lipinski definition) is 1. The first-order valence-corrected chi connectivity index (χ1v) is 11.6. The highest BCUT2D eigenvalue weighted by atomic mass is 16.5. The zero-order chi connectivity index (χ0) is 24.3. The van der Waals surface area contributed by atoms with Crippen molar-refractivity contribution in [1.82, 2.24) is 15.1 Å². The number of benzene rings is 2. The second-order valence-corrected chi connectivity index (χ2v) is 8.32. The molecule has 184 valence electrons. The van der Waals surface area contributed by atoms with Gasteiger partial charge < -0.3 is 24.4 Å². The zero-order valence-corrected chi connectivity index (χ0v) is 20.3. The molecule has 1 aliphatic heterocycles. The highest BCUT2D eigenvalue weighted by molar-refractivity contribution is 5.78. The van der Waals surface area contributed by atoms with Gasteiger partial charge in [0.1, 0.15) is 5.75 Å². The van der Waals surface area contributed by atoms with Crippen LogP contribution in [0.3, 0.4) is 0 Å². The average molecular weight is 470 g/mol. The molecule has 3 rings (SSSR count). The first-order chi connectivity index (χ1) is 16.5. The smallest absolute Gasteiger partial charge is 0.234 e. The van der Waals surface area contributed by atoms with Crippen LogP contribution in [0.2, 0.25) is 0 Å². The molecule has 0 saturated carbocycles. The first kappa shape index (κ1) is 25.4. The Labute approximate surface area is 201 Å². The third kappa shape index (κ3) is 7.38. The van der Waals surface area contributed by atoms with Gasteiger partial charge in [-0.15, -0.1) is 0 Å². The van der Waals surface area contributed by atoms with E-state index in [0.717, 1.165) is 36.4 Å². The molecule has 2 aromatic carbocycles. The molecule has 1 fully saturated rings. The van der Waals surface area contributed by atoms with Crippen molar-refractivity contribution in [2.45, 2.75) is 25.8 Å². The molecule has 1 N–H and O–H groups in total. The fourth-order valence-corrected chi connectivity index (χ4v) is 4.03. The predicted molar refractivity (Wildman–Crippen MR) is 130 cm³/mol. The van der Waals surface area contributed by atoms with Gasteiger partial charge in [0.15, 0.2) is 11.5 Å². The van der Waals surface area contributed by atoms with Gasteiger partial charge in [-0.3, -0.25) is 14.5 Å². The average Bonchev–Trinajstić information content (AvgIpc) is 3.11. The number of nitrogens with one attached hydrogen (secondary N) is 1. The number of aryl methyl sites for hydroxylation is 1. The molecule has 1 aliphatic rings. The summed E-state index contributed by atoms with van der Waals surface area (Å²) in [4.78, 5) is 29.2. The highest BCUT2D eigenvalue weighted by Crippen LogP contribution is 2.27. The van der Waals surface area contributed by atoms with Crippen molar-refractivity contribution in [3.63, 3.8) is 0 Å². The number of carbonyl (C=O) groups excluding carboxylic acids is 2. The minimum atomic E-state index is -0.0333. The van der Waals surface area contributed by atoms with Gasteiger partial charge in [0.25, 0.3) is 0 Å². The largest absolute Gasteiger partial charge is 0.497 e. The van der Waals surface area contributed by atoms with Gasteiger partial charge in [-0.25, -0.2) is 0 Å². The van der Waals surface area contributed by atoms with Crippen LogP contribution in [0.1, 0.15) is 24.0 Å². The highest BCUT2D eigenvalue weighted by Gasteiger charge is 2.20. The Balaban J connectivity index is 1.41. The van der Waals surface area contributed by atoms with E-state index in [1.807, 2.05) is 47.4 Å². The fraction of sp³-hybridized carbons (Fsp3) is 0.462. The summed E-state index contributed by atoms with van der Waals surface area (Å²) < 4.78 is 15.7. The number of ether oxygens (including phenoxy) is 3. The van der Waals surface area contributed by atoms with Crippen molar-refractivity contribution in [3.05, 3.63) is 53.6 Å². The summed E-state index contributed by atoms with van der Waals surface area (Å²) in [6.07, 6.45) is 2.05. The Morgan fingerprint density at radius 1 is 0.853 bits per heavy atom. The minimum Gasteiger partial charge on any atom is -0.497 e. The van der Waals surface area contributed by atoms with Crippen molar-refractivity contribution in [2.75, 3.05) is 54.1 Å². The summed E-state index contributed by atoms with van der Waals surface area (Å²) in [6, 6.07) is 13.4. The van der Waals surface area contributed by atoms with Crippen molar-refractivity contribution in [1.29, 1.82) is 0 Å². The Hall–Kier alpha value is -3.26. The number of hydrogen-bond acceptors (Lipinski definition) is 6. The van der Waals surface area contributed by atoms with Gasteiger partial charge in [0.2, 0.25) is 11.8 Å². The first-order valence-electron chi connectivity index (χ1n) is 11.6. The summed E-state index contributed by atoms with van der Waals surface area (Å²) in [5, 5.41) is 2.97. The van der Waals surface area contributed by atoms with E-state index in [1.165, 1.54) is 0 Å². The molecule has 0 spiro atoms. The van der Waals surface area contributed by atoms with Crippen molar-refractivity contribution >= 4 is 11.8 Å². The predicted octanol–water partition coefficient (Wildman–Crippen LogP) is 2.50. The van der Waals surface area contributed by atoms with Crippen LogP contribution in [-0.4, -0.2) is 75.7 Å². The van der Waals surface area contributed by atoms with E-state index in [4.69, 9.17) is 14.2 Å². The summed E-state index contributed by atoms with van der Waals surface area (Å²) in [6.45, 7) is 3.60. The molecule has 1 heterocycles. The Morgan fingerprint density at radius 2 is 1.59 bits per heavy atom. The standard InChI is InChI=1S/C26H35N3O5/c1-32-22-9-5-20(6-10-22)8-12-26(31)29-14-4-13-28(15-16-29)19-25(30)27-18-21-7-11-23(33-2)24(17-21)34-3/h5-7,9-11,17H,4,8,12-16,18-19H2,1-3H3,(H,27,30). The molecular formula is C26H35N3O5. The Bertz CT molecular complexity index is 948. The number of amides is 2. The number of methoxy groups -OCH3 is 3. The lowest BCUT2D eigenvalue weighted by Gasteiger charge is -2.22. The van der Waals surface area contributed by atoms with E-state index >= 15 is 0 Å². The fourth-order valence-electron chi connectivity index (χ4n) is 4.03. The van der Waals surface area contributed by atoms with E-state index in [2.05, 4.69) is 10.2 Å². The van der Waals surface area contributed by atoms with Gasteiger partial charge in [-0.1, -0.05) is 18.2 Å². The van der Waals surface area contributed by atoms with E-state index in [1.54, 1.807) is 21.3 Å². The van der Waals surface area contributed by atoms with Gasteiger partial charge >= 0.3 is 0 Å². The topological polar surface area (TPSA) is 80.3 Å². The molecule has 0 unspecified atom stereocenters. The van der Waals surface area contributed by atoms with Crippen LogP contribution in [0.4, 0.5) is 0 Å². The number of nitrogens with zero attached hydrogens (tertiary/aromatic N) is 2. The summed E-state index contributed by atoms with van der Waals surface area (Å²) >= 11 is 0. The SMILES string of the molecule is COc1ccc(CCC(=O)N2CCCN(CC(=O)NCc3ccc(OC)c(OC)c3)CC2)cc1. The van der Waals surface area contributed by atoms with Gasteiger partial charge in [-0.05, 0) is 48.2 Å². The normalized spacial score (nSPS) is 14.3. The molecule has 8 heteroatoms. The van der Waals surface area contributed by atoms with Crippen LogP contribution >= 0.6 is 0 Å². The summed E-state index contributed by atoms with van der Waals surface area (Å²) in [5.41, 5.74) is 2.06. The van der Waals surface area contributed by atoms with Crippen LogP contribution in [0, 0.1) is 0 Å². The molecule has 1 saturated heterocycles. The van der Waals surface area contributed by atoms with Gasteiger partial charge in [0, 0.05) is 39.1 Å². The Kier molecular flexibility index (Phi) is 9.58.